The van der Waals surface area contributed by atoms with E-state index >= 15 is 0 Å². The van der Waals surface area contributed by atoms with Gasteiger partial charge in [0.25, 0.3) is 0 Å². The summed E-state index contributed by atoms with van der Waals surface area (Å²) in [7, 11) is 1.29. The second-order valence-electron chi connectivity index (χ2n) is 5.56. The summed E-state index contributed by atoms with van der Waals surface area (Å²) in [5.41, 5.74) is 2.61. The van der Waals surface area contributed by atoms with Gasteiger partial charge in [0.2, 0.25) is 5.78 Å². The fraction of sp³-hybridized carbons (Fsp3) is 0.200. The van der Waals surface area contributed by atoms with Crippen molar-refractivity contribution in [3.63, 3.8) is 0 Å². The number of hydrogen-bond donors (Lipinski definition) is 0. The summed E-state index contributed by atoms with van der Waals surface area (Å²) in [4.78, 5) is 23.6. The van der Waals surface area contributed by atoms with Crippen LogP contribution in [0.25, 0.3) is 6.08 Å². The van der Waals surface area contributed by atoms with Gasteiger partial charge in [0.1, 0.15) is 11.5 Å². The van der Waals surface area contributed by atoms with Crippen LogP contribution in [-0.2, 0) is 16.0 Å². The Morgan fingerprint density at radius 3 is 2.60 bits per heavy atom. The highest BCUT2D eigenvalue weighted by Crippen LogP contribution is 2.34. The first-order valence-corrected chi connectivity index (χ1v) is 7.97. The van der Waals surface area contributed by atoms with Gasteiger partial charge in [0, 0.05) is 6.07 Å². The third kappa shape index (κ3) is 3.71. The quantitative estimate of drug-likeness (QED) is 0.617. The molecule has 0 spiro atoms. The van der Waals surface area contributed by atoms with Gasteiger partial charge in [-0.05, 0) is 35.8 Å². The lowest BCUT2D eigenvalue weighted by Gasteiger charge is -2.05. The number of ether oxygens (including phenoxy) is 3. The molecule has 25 heavy (non-hydrogen) atoms. The third-order valence-corrected chi connectivity index (χ3v) is 3.91. The van der Waals surface area contributed by atoms with Crippen molar-refractivity contribution in [2.75, 3.05) is 13.7 Å². The molecule has 0 amide bonds. The van der Waals surface area contributed by atoms with Crippen molar-refractivity contribution in [3.8, 4) is 11.5 Å². The number of methoxy groups -OCH3 is 1. The van der Waals surface area contributed by atoms with E-state index in [1.165, 1.54) is 12.7 Å². The molecule has 0 saturated heterocycles. The fourth-order valence-corrected chi connectivity index (χ4v) is 2.46. The molecule has 2 aromatic rings. The van der Waals surface area contributed by atoms with Crippen LogP contribution in [0.2, 0.25) is 0 Å². The number of carbonyl (C=O) groups excluding carboxylic acids is 2. The molecule has 0 N–H and O–H groups in total. The summed E-state index contributed by atoms with van der Waals surface area (Å²) in [6, 6.07) is 12.8. The molecule has 2 aromatic carbocycles. The van der Waals surface area contributed by atoms with E-state index in [0.717, 1.165) is 12.0 Å². The van der Waals surface area contributed by atoms with E-state index in [1.807, 2.05) is 24.3 Å². The lowest BCUT2D eigenvalue weighted by molar-refractivity contribution is -0.142. The van der Waals surface area contributed by atoms with Gasteiger partial charge in [-0.3, -0.25) is 4.79 Å². The standard InChI is InChI=1S/C20H18O5/c1-3-13-4-6-14(7-5-13)10-18-20(22)16-9-8-15(11-17(16)25-18)24-12-19(21)23-2/h4-11H,3,12H2,1-2H3/b18-10-. The van der Waals surface area contributed by atoms with Gasteiger partial charge in [0.15, 0.2) is 12.4 Å². The molecule has 0 fully saturated rings. The Morgan fingerprint density at radius 1 is 1.16 bits per heavy atom. The highest BCUT2D eigenvalue weighted by molar-refractivity contribution is 6.14. The maximum absolute atomic E-state index is 12.4. The molecule has 1 aliphatic rings. The summed E-state index contributed by atoms with van der Waals surface area (Å²) in [5, 5.41) is 0. The number of carbonyl (C=O) groups is 2. The van der Waals surface area contributed by atoms with Gasteiger partial charge in [-0.25, -0.2) is 4.79 Å². The summed E-state index contributed by atoms with van der Waals surface area (Å²) in [5.74, 6) is 0.473. The first-order chi connectivity index (χ1) is 12.1. The van der Waals surface area contributed by atoms with Crippen LogP contribution >= 0.6 is 0 Å². The van der Waals surface area contributed by atoms with E-state index in [9.17, 15) is 9.59 Å². The van der Waals surface area contributed by atoms with Crippen LogP contribution in [0, 0.1) is 0 Å². The van der Waals surface area contributed by atoms with Crippen LogP contribution in [0.4, 0.5) is 0 Å². The molecule has 1 aliphatic heterocycles. The van der Waals surface area contributed by atoms with Gasteiger partial charge in [0.05, 0.1) is 12.7 Å². The second-order valence-corrected chi connectivity index (χ2v) is 5.56. The molecular formula is C20H18O5. The van der Waals surface area contributed by atoms with Crippen molar-refractivity contribution in [1.82, 2.24) is 0 Å². The molecule has 0 radical (unpaired) electrons. The average molecular weight is 338 g/mol. The zero-order chi connectivity index (χ0) is 17.8. The number of esters is 1. The van der Waals surface area contributed by atoms with Gasteiger partial charge < -0.3 is 14.2 Å². The van der Waals surface area contributed by atoms with E-state index in [1.54, 1.807) is 24.3 Å². The van der Waals surface area contributed by atoms with Crippen LogP contribution in [0.5, 0.6) is 11.5 Å². The van der Waals surface area contributed by atoms with Crippen LogP contribution in [0.3, 0.4) is 0 Å². The zero-order valence-electron chi connectivity index (χ0n) is 14.1. The Bertz CT molecular complexity index is 834. The summed E-state index contributed by atoms with van der Waals surface area (Å²) in [6.07, 6.45) is 2.68. The Balaban J connectivity index is 1.77. The van der Waals surface area contributed by atoms with Crippen molar-refractivity contribution >= 4 is 17.8 Å². The predicted octanol–water partition coefficient (Wildman–Crippen LogP) is 3.42. The molecule has 1 heterocycles. The lowest BCUT2D eigenvalue weighted by atomic mass is 10.1. The largest absolute Gasteiger partial charge is 0.482 e. The van der Waals surface area contributed by atoms with E-state index in [-0.39, 0.29) is 18.1 Å². The number of ketones is 1. The normalized spacial score (nSPS) is 14.2. The average Bonchev–Trinajstić information content (AvgIpc) is 2.95. The number of allylic oxidation sites excluding steroid dienone is 1. The smallest absolute Gasteiger partial charge is 0.343 e. The molecule has 0 saturated carbocycles. The van der Waals surface area contributed by atoms with Gasteiger partial charge in [-0.15, -0.1) is 0 Å². The predicted molar refractivity (Wildman–Crippen MR) is 92.7 cm³/mol. The SMILES string of the molecule is CCc1ccc(/C=C2\Oc3cc(OCC(=O)OC)ccc3C2=O)cc1. The number of aryl methyl sites for hydroxylation is 1. The topological polar surface area (TPSA) is 61.8 Å². The van der Waals surface area contributed by atoms with Gasteiger partial charge in [-0.2, -0.15) is 0 Å². The number of benzene rings is 2. The highest BCUT2D eigenvalue weighted by atomic mass is 16.6. The van der Waals surface area contributed by atoms with E-state index in [0.29, 0.717) is 17.1 Å². The molecular weight excluding hydrogens is 320 g/mol. The first-order valence-electron chi connectivity index (χ1n) is 7.97. The fourth-order valence-electron chi connectivity index (χ4n) is 2.46. The summed E-state index contributed by atoms with van der Waals surface area (Å²) in [6.45, 7) is 1.89. The van der Waals surface area contributed by atoms with E-state index in [2.05, 4.69) is 11.7 Å². The number of rotatable bonds is 5. The molecule has 128 valence electrons. The van der Waals surface area contributed by atoms with Crippen LogP contribution in [0.1, 0.15) is 28.4 Å². The molecule has 0 unspecified atom stereocenters. The Kier molecular flexibility index (Phi) is 4.84. The minimum atomic E-state index is -0.478. The third-order valence-electron chi connectivity index (χ3n) is 3.91. The Morgan fingerprint density at radius 2 is 1.92 bits per heavy atom. The van der Waals surface area contributed by atoms with Crippen LogP contribution in [-0.4, -0.2) is 25.5 Å². The number of hydrogen-bond acceptors (Lipinski definition) is 5. The lowest BCUT2D eigenvalue weighted by Crippen LogP contribution is -2.12. The van der Waals surface area contributed by atoms with Crippen LogP contribution < -0.4 is 9.47 Å². The van der Waals surface area contributed by atoms with Gasteiger partial charge in [-0.1, -0.05) is 31.2 Å². The van der Waals surface area contributed by atoms with Crippen molar-refractivity contribution in [1.29, 1.82) is 0 Å². The van der Waals surface area contributed by atoms with Crippen molar-refractivity contribution in [2.45, 2.75) is 13.3 Å². The number of Topliss-reactive ketones (excluding diaryl/α,β-unsaturated/α-hetero) is 1. The highest BCUT2D eigenvalue weighted by Gasteiger charge is 2.27. The molecule has 0 aromatic heterocycles. The number of fused-ring (bicyclic) bond motifs is 1. The summed E-state index contributed by atoms with van der Waals surface area (Å²) < 4.78 is 15.5. The minimum absolute atomic E-state index is 0.172. The van der Waals surface area contributed by atoms with E-state index in [4.69, 9.17) is 9.47 Å². The molecule has 5 nitrogen and oxygen atoms in total. The Hall–Kier alpha value is -3.08. The van der Waals surface area contributed by atoms with Crippen molar-refractivity contribution < 1.29 is 23.8 Å². The van der Waals surface area contributed by atoms with Crippen molar-refractivity contribution in [3.05, 3.63) is 64.9 Å². The monoisotopic (exact) mass is 338 g/mol. The van der Waals surface area contributed by atoms with Crippen LogP contribution in [0.15, 0.2) is 48.2 Å². The van der Waals surface area contributed by atoms with Crippen molar-refractivity contribution in [2.24, 2.45) is 0 Å². The van der Waals surface area contributed by atoms with E-state index < -0.39 is 5.97 Å². The summed E-state index contributed by atoms with van der Waals surface area (Å²) >= 11 is 0. The maximum Gasteiger partial charge on any atom is 0.343 e. The van der Waals surface area contributed by atoms with Gasteiger partial charge >= 0.3 is 5.97 Å². The first kappa shape index (κ1) is 16.8. The molecule has 0 bridgehead atoms. The Labute approximate surface area is 145 Å². The zero-order valence-corrected chi connectivity index (χ0v) is 14.1. The maximum atomic E-state index is 12.4. The molecule has 0 aliphatic carbocycles. The molecule has 5 heteroatoms. The molecule has 3 rings (SSSR count). The molecule has 0 atom stereocenters. The minimum Gasteiger partial charge on any atom is -0.482 e. The second kappa shape index (κ2) is 7.21.